The Hall–Kier alpha value is -3.13. The lowest BCUT2D eigenvalue weighted by Crippen LogP contribution is -2.35. The highest BCUT2D eigenvalue weighted by Crippen LogP contribution is 2.30. The van der Waals surface area contributed by atoms with Crippen molar-refractivity contribution in [1.29, 1.82) is 0 Å². The monoisotopic (exact) mass is 447 g/mol. The summed E-state index contributed by atoms with van der Waals surface area (Å²) in [6, 6.07) is 9.91. The average molecular weight is 448 g/mol. The number of aryl methyl sites for hydroxylation is 1. The molecule has 0 aliphatic heterocycles. The highest BCUT2D eigenvalue weighted by atomic mass is 19.1. The molecular weight excluding hydrogens is 417 g/mol. The third-order valence-electron chi connectivity index (χ3n) is 5.07. The lowest BCUT2D eigenvalue weighted by Gasteiger charge is -2.24. The van der Waals surface area contributed by atoms with Gasteiger partial charge in [-0.05, 0) is 43.5 Å². The zero-order chi connectivity index (χ0) is 23.5. The van der Waals surface area contributed by atoms with Crippen LogP contribution in [0.25, 0.3) is 0 Å². The van der Waals surface area contributed by atoms with Gasteiger partial charge in [-0.1, -0.05) is 18.2 Å². The van der Waals surface area contributed by atoms with Crippen molar-refractivity contribution in [3.8, 4) is 11.5 Å². The smallest absolute Gasteiger partial charge is 0.331 e. The number of carbonyl (C=O) groups is 2. The van der Waals surface area contributed by atoms with E-state index in [0.29, 0.717) is 42.0 Å². The van der Waals surface area contributed by atoms with Crippen molar-refractivity contribution in [3.05, 3.63) is 58.9 Å². The summed E-state index contributed by atoms with van der Waals surface area (Å²) in [6.07, 6.45) is 1.05. The summed E-state index contributed by atoms with van der Waals surface area (Å²) >= 11 is 0. The van der Waals surface area contributed by atoms with Gasteiger partial charge in [-0.25, -0.2) is 9.18 Å². The number of rotatable bonds is 12. The number of nitrogens with zero attached hydrogens (tertiary/aromatic N) is 1. The standard InChI is InChI=1S/C24H30FNO6/c1-17-21(29-2)14-19(15-22(17)30-3)24(28)26(12-13-32-16-23(27)31-4)11-7-9-18-8-5-6-10-20(18)25/h5-6,8,10,14-15H,7,9,11-13,16H2,1-4H3. The lowest BCUT2D eigenvalue weighted by atomic mass is 10.1. The van der Waals surface area contributed by atoms with Gasteiger partial charge in [-0.15, -0.1) is 0 Å². The van der Waals surface area contributed by atoms with Gasteiger partial charge in [0.2, 0.25) is 0 Å². The normalized spacial score (nSPS) is 10.5. The largest absolute Gasteiger partial charge is 0.496 e. The third kappa shape index (κ3) is 6.95. The van der Waals surface area contributed by atoms with E-state index in [2.05, 4.69) is 4.74 Å². The fourth-order valence-corrected chi connectivity index (χ4v) is 3.26. The minimum atomic E-state index is -0.490. The molecule has 7 nitrogen and oxygen atoms in total. The number of carbonyl (C=O) groups excluding carboxylic acids is 2. The van der Waals surface area contributed by atoms with Crippen LogP contribution in [0, 0.1) is 12.7 Å². The number of methoxy groups -OCH3 is 3. The van der Waals surface area contributed by atoms with Gasteiger partial charge in [0.25, 0.3) is 5.91 Å². The van der Waals surface area contributed by atoms with Crippen molar-refractivity contribution in [2.75, 3.05) is 47.6 Å². The molecule has 2 rings (SSSR count). The molecule has 0 aliphatic carbocycles. The first-order valence-electron chi connectivity index (χ1n) is 10.3. The van der Waals surface area contributed by atoms with E-state index in [1.807, 2.05) is 6.92 Å². The molecule has 0 heterocycles. The second-order valence-electron chi connectivity index (χ2n) is 7.12. The number of benzene rings is 2. The molecule has 0 aromatic heterocycles. The topological polar surface area (TPSA) is 74.3 Å². The van der Waals surface area contributed by atoms with Gasteiger partial charge in [-0.3, -0.25) is 4.79 Å². The predicted octanol–water partition coefficient (Wildman–Crippen LogP) is 3.42. The van der Waals surface area contributed by atoms with Crippen LogP contribution in [-0.2, 0) is 20.7 Å². The second-order valence-corrected chi connectivity index (χ2v) is 7.12. The highest BCUT2D eigenvalue weighted by molar-refractivity contribution is 5.95. The number of hydrogen-bond acceptors (Lipinski definition) is 6. The molecule has 0 bridgehead atoms. The number of hydrogen-bond donors (Lipinski definition) is 0. The Kier molecular flexibility index (Phi) is 9.94. The van der Waals surface area contributed by atoms with Crippen molar-refractivity contribution in [1.82, 2.24) is 4.90 Å². The summed E-state index contributed by atoms with van der Waals surface area (Å²) < 4.78 is 34.6. The molecule has 0 saturated heterocycles. The van der Waals surface area contributed by atoms with Gasteiger partial charge in [0.05, 0.1) is 27.9 Å². The number of halogens is 1. The van der Waals surface area contributed by atoms with Crippen molar-refractivity contribution in [3.63, 3.8) is 0 Å². The summed E-state index contributed by atoms with van der Waals surface area (Å²) in [6.45, 7) is 2.44. The Morgan fingerprint density at radius 2 is 1.66 bits per heavy atom. The number of esters is 1. The second kappa shape index (κ2) is 12.7. The Labute approximate surface area is 188 Å². The van der Waals surface area contributed by atoms with Crippen LogP contribution in [0.5, 0.6) is 11.5 Å². The molecule has 0 fully saturated rings. The minimum Gasteiger partial charge on any atom is -0.496 e. The maximum atomic E-state index is 13.9. The summed E-state index contributed by atoms with van der Waals surface area (Å²) in [5.41, 5.74) is 1.79. The first kappa shape index (κ1) is 25.1. The summed E-state index contributed by atoms with van der Waals surface area (Å²) in [5.74, 6) is 0.0916. The molecule has 0 atom stereocenters. The number of ether oxygens (including phenoxy) is 4. The van der Waals surface area contributed by atoms with Crippen LogP contribution in [0.15, 0.2) is 36.4 Å². The van der Waals surface area contributed by atoms with E-state index in [4.69, 9.17) is 14.2 Å². The fraction of sp³-hybridized carbons (Fsp3) is 0.417. The van der Waals surface area contributed by atoms with Crippen LogP contribution < -0.4 is 9.47 Å². The molecule has 0 saturated carbocycles. The molecule has 8 heteroatoms. The fourth-order valence-electron chi connectivity index (χ4n) is 3.26. The Morgan fingerprint density at radius 1 is 1.00 bits per heavy atom. The van der Waals surface area contributed by atoms with Gasteiger partial charge < -0.3 is 23.8 Å². The molecule has 174 valence electrons. The van der Waals surface area contributed by atoms with E-state index in [-0.39, 0.29) is 31.5 Å². The Bertz CT molecular complexity index is 892. The van der Waals surface area contributed by atoms with Crippen LogP contribution in [0.3, 0.4) is 0 Å². The average Bonchev–Trinajstić information content (AvgIpc) is 2.81. The van der Waals surface area contributed by atoms with Crippen LogP contribution in [-0.4, -0.2) is 64.4 Å². The van der Waals surface area contributed by atoms with Crippen molar-refractivity contribution >= 4 is 11.9 Å². The Balaban J connectivity index is 2.14. The molecule has 2 aromatic carbocycles. The molecule has 1 amide bonds. The van der Waals surface area contributed by atoms with Crippen LogP contribution in [0.2, 0.25) is 0 Å². The first-order valence-corrected chi connectivity index (χ1v) is 10.3. The molecule has 32 heavy (non-hydrogen) atoms. The predicted molar refractivity (Wildman–Crippen MR) is 118 cm³/mol. The maximum absolute atomic E-state index is 13.9. The molecule has 0 unspecified atom stereocenters. The van der Waals surface area contributed by atoms with E-state index >= 15 is 0 Å². The van der Waals surface area contributed by atoms with Gasteiger partial charge in [-0.2, -0.15) is 0 Å². The van der Waals surface area contributed by atoms with Gasteiger partial charge in [0.1, 0.15) is 23.9 Å². The first-order chi connectivity index (χ1) is 15.4. The van der Waals surface area contributed by atoms with E-state index in [9.17, 15) is 14.0 Å². The van der Waals surface area contributed by atoms with Gasteiger partial charge in [0.15, 0.2) is 0 Å². The molecule has 0 spiro atoms. The van der Waals surface area contributed by atoms with E-state index in [1.165, 1.54) is 27.4 Å². The number of amides is 1. The van der Waals surface area contributed by atoms with Gasteiger partial charge in [0, 0.05) is 24.2 Å². The van der Waals surface area contributed by atoms with Crippen LogP contribution in [0.4, 0.5) is 4.39 Å². The summed E-state index contributed by atoms with van der Waals surface area (Å²) in [7, 11) is 4.34. The Morgan fingerprint density at radius 3 is 2.25 bits per heavy atom. The van der Waals surface area contributed by atoms with Crippen molar-refractivity contribution < 1.29 is 32.9 Å². The van der Waals surface area contributed by atoms with E-state index in [1.54, 1.807) is 35.2 Å². The molecular formula is C24H30FNO6. The van der Waals surface area contributed by atoms with Crippen LogP contribution in [0.1, 0.15) is 27.9 Å². The van der Waals surface area contributed by atoms with E-state index < -0.39 is 5.97 Å². The zero-order valence-corrected chi connectivity index (χ0v) is 19.0. The summed E-state index contributed by atoms with van der Waals surface area (Å²) in [4.78, 5) is 26.1. The molecule has 2 aromatic rings. The van der Waals surface area contributed by atoms with Crippen molar-refractivity contribution in [2.24, 2.45) is 0 Å². The lowest BCUT2D eigenvalue weighted by molar-refractivity contribution is -0.145. The maximum Gasteiger partial charge on any atom is 0.331 e. The molecule has 0 aliphatic rings. The third-order valence-corrected chi connectivity index (χ3v) is 5.07. The summed E-state index contributed by atoms with van der Waals surface area (Å²) in [5, 5.41) is 0. The van der Waals surface area contributed by atoms with Crippen LogP contribution >= 0.6 is 0 Å². The molecule has 0 N–H and O–H groups in total. The SMILES string of the molecule is COC(=O)COCCN(CCCc1ccccc1F)C(=O)c1cc(OC)c(C)c(OC)c1. The minimum absolute atomic E-state index is 0.153. The zero-order valence-electron chi connectivity index (χ0n) is 19.0. The molecule has 0 radical (unpaired) electrons. The van der Waals surface area contributed by atoms with E-state index in [0.717, 1.165) is 5.56 Å². The highest BCUT2D eigenvalue weighted by Gasteiger charge is 2.20. The van der Waals surface area contributed by atoms with Gasteiger partial charge >= 0.3 is 5.97 Å². The van der Waals surface area contributed by atoms with Crippen molar-refractivity contribution in [2.45, 2.75) is 19.8 Å². The quantitative estimate of drug-likeness (QED) is 0.367.